The third kappa shape index (κ3) is 3.24. The van der Waals surface area contributed by atoms with Gasteiger partial charge in [-0.15, -0.1) is 0 Å². The van der Waals surface area contributed by atoms with Gasteiger partial charge in [0.15, 0.2) is 0 Å². The Morgan fingerprint density at radius 2 is 1.95 bits per heavy atom. The van der Waals surface area contributed by atoms with E-state index in [4.69, 9.17) is 10.8 Å². The van der Waals surface area contributed by atoms with E-state index in [9.17, 15) is 9.59 Å². The van der Waals surface area contributed by atoms with Crippen LogP contribution in [0.2, 0.25) is 0 Å². The van der Waals surface area contributed by atoms with Crippen LogP contribution in [-0.4, -0.2) is 34.5 Å². The molecule has 0 radical (unpaired) electrons. The van der Waals surface area contributed by atoms with E-state index in [1.165, 1.54) is 0 Å². The Hall–Kier alpha value is -1.88. The molecule has 114 valence electrons. The lowest BCUT2D eigenvalue weighted by atomic mass is 9.86. The number of amides is 1. The standard InChI is InChI=1S/C16H22N2O3/c1-16(2,3)13(17)14(19)18-7-6-10-4-5-11(15(20)21)8-12(10)9-18/h4-5,8,13H,6-7,9,17H2,1-3H3,(H,20,21)/t13-/m1/s1. The number of carbonyl (C=O) groups is 2. The molecular weight excluding hydrogens is 268 g/mol. The number of nitrogens with two attached hydrogens (primary N) is 1. The van der Waals surface area contributed by atoms with Crippen LogP contribution in [-0.2, 0) is 17.8 Å². The molecule has 0 spiro atoms. The fraction of sp³-hybridized carbons (Fsp3) is 0.500. The number of fused-ring (bicyclic) bond motifs is 1. The molecular formula is C16H22N2O3. The smallest absolute Gasteiger partial charge is 0.335 e. The van der Waals surface area contributed by atoms with Crippen LogP contribution in [0.5, 0.6) is 0 Å². The van der Waals surface area contributed by atoms with Crippen LogP contribution in [0.1, 0.15) is 42.3 Å². The Morgan fingerprint density at radius 1 is 1.29 bits per heavy atom. The number of hydrogen-bond acceptors (Lipinski definition) is 3. The molecule has 1 aliphatic heterocycles. The van der Waals surface area contributed by atoms with Crippen molar-refractivity contribution in [3.05, 3.63) is 34.9 Å². The lowest BCUT2D eigenvalue weighted by Gasteiger charge is -2.35. The van der Waals surface area contributed by atoms with E-state index in [2.05, 4.69) is 0 Å². The predicted molar refractivity (Wildman–Crippen MR) is 80.0 cm³/mol. The SMILES string of the molecule is CC(C)(C)[C@H](N)C(=O)N1CCc2ccc(C(=O)O)cc2C1. The lowest BCUT2D eigenvalue weighted by molar-refractivity contribution is -0.135. The molecule has 0 saturated carbocycles. The van der Waals surface area contributed by atoms with E-state index < -0.39 is 12.0 Å². The number of aromatic carboxylic acids is 1. The van der Waals surface area contributed by atoms with Gasteiger partial charge in [0, 0.05) is 13.1 Å². The summed E-state index contributed by atoms with van der Waals surface area (Å²) in [5, 5.41) is 9.06. The largest absolute Gasteiger partial charge is 0.478 e. The second-order valence-corrected chi connectivity index (χ2v) is 6.64. The first-order chi connectivity index (χ1) is 9.70. The van der Waals surface area contributed by atoms with Gasteiger partial charge in [-0.25, -0.2) is 4.79 Å². The van der Waals surface area contributed by atoms with Gasteiger partial charge in [0.1, 0.15) is 0 Å². The first-order valence-corrected chi connectivity index (χ1v) is 7.09. The van der Waals surface area contributed by atoms with Gasteiger partial charge in [0.05, 0.1) is 11.6 Å². The summed E-state index contributed by atoms with van der Waals surface area (Å²) < 4.78 is 0. The van der Waals surface area contributed by atoms with Gasteiger partial charge in [-0.2, -0.15) is 0 Å². The van der Waals surface area contributed by atoms with Gasteiger partial charge in [-0.05, 0) is 35.1 Å². The molecule has 0 bridgehead atoms. The molecule has 2 rings (SSSR count). The zero-order chi connectivity index (χ0) is 15.8. The Balaban J connectivity index is 2.20. The Morgan fingerprint density at radius 3 is 2.52 bits per heavy atom. The molecule has 0 unspecified atom stereocenters. The summed E-state index contributed by atoms with van der Waals surface area (Å²) in [6.07, 6.45) is 0.734. The summed E-state index contributed by atoms with van der Waals surface area (Å²) in [6, 6.07) is 4.55. The zero-order valence-corrected chi connectivity index (χ0v) is 12.7. The van der Waals surface area contributed by atoms with Gasteiger partial charge < -0.3 is 15.7 Å². The first-order valence-electron chi connectivity index (χ1n) is 7.09. The summed E-state index contributed by atoms with van der Waals surface area (Å²) in [5.41, 5.74) is 8.00. The highest BCUT2D eigenvalue weighted by Crippen LogP contribution is 2.24. The van der Waals surface area contributed by atoms with Crippen LogP contribution >= 0.6 is 0 Å². The van der Waals surface area contributed by atoms with Crippen LogP contribution < -0.4 is 5.73 Å². The maximum Gasteiger partial charge on any atom is 0.335 e. The molecule has 1 aromatic rings. The highest BCUT2D eigenvalue weighted by atomic mass is 16.4. The second-order valence-electron chi connectivity index (χ2n) is 6.64. The van der Waals surface area contributed by atoms with Crippen molar-refractivity contribution in [3.8, 4) is 0 Å². The average Bonchev–Trinajstić information content (AvgIpc) is 2.43. The highest BCUT2D eigenvalue weighted by molar-refractivity contribution is 5.88. The minimum absolute atomic E-state index is 0.0751. The van der Waals surface area contributed by atoms with Crippen molar-refractivity contribution in [1.29, 1.82) is 0 Å². The van der Waals surface area contributed by atoms with Crippen molar-refractivity contribution in [2.24, 2.45) is 11.1 Å². The monoisotopic (exact) mass is 290 g/mol. The number of benzene rings is 1. The van der Waals surface area contributed by atoms with Crippen LogP contribution in [0.15, 0.2) is 18.2 Å². The van der Waals surface area contributed by atoms with E-state index in [1.54, 1.807) is 17.0 Å². The van der Waals surface area contributed by atoms with Crippen molar-refractivity contribution in [3.63, 3.8) is 0 Å². The number of carboxylic acid groups (broad SMARTS) is 1. The van der Waals surface area contributed by atoms with Crippen molar-refractivity contribution in [2.75, 3.05) is 6.54 Å². The maximum atomic E-state index is 12.5. The van der Waals surface area contributed by atoms with E-state index in [0.29, 0.717) is 13.1 Å². The minimum Gasteiger partial charge on any atom is -0.478 e. The molecule has 21 heavy (non-hydrogen) atoms. The van der Waals surface area contributed by atoms with E-state index in [-0.39, 0.29) is 16.9 Å². The number of nitrogens with zero attached hydrogens (tertiary/aromatic N) is 1. The van der Waals surface area contributed by atoms with E-state index >= 15 is 0 Å². The van der Waals surface area contributed by atoms with Gasteiger partial charge in [-0.1, -0.05) is 26.8 Å². The molecule has 1 heterocycles. The normalized spacial score (nSPS) is 16.3. The zero-order valence-electron chi connectivity index (χ0n) is 12.7. The third-order valence-corrected chi connectivity index (χ3v) is 3.98. The van der Waals surface area contributed by atoms with Crippen molar-refractivity contribution < 1.29 is 14.7 Å². The molecule has 1 aromatic carbocycles. The molecule has 0 aliphatic carbocycles. The average molecular weight is 290 g/mol. The third-order valence-electron chi connectivity index (χ3n) is 3.98. The molecule has 0 saturated heterocycles. The molecule has 1 atom stereocenters. The lowest BCUT2D eigenvalue weighted by Crippen LogP contribution is -2.51. The van der Waals surface area contributed by atoms with Crippen molar-refractivity contribution in [1.82, 2.24) is 4.90 Å². The minimum atomic E-state index is -0.951. The maximum absolute atomic E-state index is 12.5. The van der Waals surface area contributed by atoms with Crippen molar-refractivity contribution in [2.45, 2.75) is 39.8 Å². The number of rotatable bonds is 2. The molecule has 1 aliphatic rings. The number of carboxylic acids is 1. The van der Waals surface area contributed by atoms with Gasteiger partial charge >= 0.3 is 5.97 Å². The quantitative estimate of drug-likeness (QED) is 0.867. The molecule has 5 heteroatoms. The van der Waals surface area contributed by atoms with Gasteiger partial charge in [-0.3, -0.25) is 4.79 Å². The number of carbonyl (C=O) groups excluding carboxylic acids is 1. The van der Waals surface area contributed by atoms with Crippen LogP contribution in [0, 0.1) is 5.41 Å². The Kier molecular flexibility index (Phi) is 4.05. The molecule has 0 fully saturated rings. The summed E-state index contributed by atoms with van der Waals surface area (Å²) >= 11 is 0. The van der Waals surface area contributed by atoms with Crippen molar-refractivity contribution >= 4 is 11.9 Å². The van der Waals surface area contributed by atoms with Gasteiger partial charge in [0.25, 0.3) is 0 Å². The fourth-order valence-electron chi connectivity index (χ4n) is 2.45. The number of hydrogen-bond donors (Lipinski definition) is 2. The summed E-state index contributed by atoms with van der Waals surface area (Å²) in [7, 11) is 0. The van der Waals surface area contributed by atoms with Crippen LogP contribution in [0.25, 0.3) is 0 Å². The Bertz CT molecular complexity index is 575. The van der Waals surface area contributed by atoms with E-state index in [1.807, 2.05) is 26.8 Å². The highest BCUT2D eigenvalue weighted by Gasteiger charge is 2.32. The van der Waals surface area contributed by atoms with E-state index in [0.717, 1.165) is 17.5 Å². The predicted octanol–water partition coefficient (Wildman–Crippen LogP) is 1.64. The Labute approximate surface area is 124 Å². The molecule has 3 N–H and O–H groups in total. The van der Waals surface area contributed by atoms with Gasteiger partial charge in [0.2, 0.25) is 5.91 Å². The second kappa shape index (κ2) is 5.48. The molecule has 1 amide bonds. The van der Waals surface area contributed by atoms with Crippen LogP contribution in [0.3, 0.4) is 0 Å². The molecule has 5 nitrogen and oxygen atoms in total. The fourth-order valence-corrected chi connectivity index (χ4v) is 2.45. The first kappa shape index (κ1) is 15.5. The van der Waals surface area contributed by atoms with Crippen LogP contribution in [0.4, 0.5) is 0 Å². The molecule has 0 aromatic heterocycles. The summed E-state index contributed by atoms with van der Waals surface area (Å²) in [5.74, 6) is -1.03. The summed E-state index contributed by atoms with van der Waals surface area (Å²) in [6.45, 7) is 6.88. The topological polar surface area (TPSA) is 83.6 Å². The summed E-state index contributed by atoms with van der Waals surface area (Å²) in [4.78, 5) is 25.2.